The molecular weight excluding hydrogens is 304 g/mol. The van der Waals surface area contributed by atoms with Crippen LogP contribution in [0.5, 0.6) is 0 Å². The van der Waals surface area contributed by atoms with Crippen LogP contribution in [0.25, 0.3) is 0 Å². The van der Waals surface area contributed by atoms with Crippen LogP contribution in [0.1, 0.15) is 90.9 Å². The Morgan fingerprint density at radius 3 is 1.62 bits per heavy atom. The van der Waals surface area contributed by atoms with E-state index < -0.39 is 22.8 Å². The lowest BCUT2D eigenvalue weighted by atomic mass is 9.54. The average Bonchev–Trinajstić information content (AvgIpc) is 2.56. The monoisotopic (exact) mass is 338 g/mol. The van der Waals surface area contributed by atoms with Gasteiger partial charge in [-0.25, -0.2) is 0 Å². The van der Waals surface area contributed by atoms with E-state index in [2.05, 4.69) is 6.92 Å². The maximum absolute atomic E-state index is 12.2. The average molecular weight is 338 g/mol. The van der Waals surface area contributed by atoms with Crippen LogP contribution in [0, 0.1) is 10.8 Å². The van der Waals surface area contributed by atoms with E-state index in [1.165, 1.54) is 19.3 Å². The minimum absolute atomic E-state index is 0.338. The van der Waals surface area contributed by atoms with Gasteiger partial charge in [-0.3, -0.25) is 9.59 Å². The number of carboxylic acids is 2. The molecule has 24 heavy (non-hydrogen) atoms. The second kappa shape index (κ2) is 9.85. The van der Waals surface area contributed by atoms with E-state index in [9.17, 15) is 19.8 Å². The van der Waals surface area contributed by atoms with E-state index in [4.69, 9.17) is 0 Å². The van der Waals surface area contributed by atoms with Gasteiger partial charge >= 0.3 is 11.9 Å². The summed E-state index contributed by atoms with van der Waals surface area (Å²) in [6, 6.07) is 0. The molecule has 1 aliphatic rings. The lowest BCUT2D eigenvalue weighted by molar-refractivity contribution is -0.177. The lowest BCUT2D eigenvalue weighted by Gasteiger charge is -2.46. The van der Waals surface area contributed by atoms with Crippen molar-refractivity contribution in [1.29, 1.82) is 0 Å². The first kappa shape index (κ1) is 20.7. The van der Waals surface area contributed by atoms with Gasteiger partial charge in [0.25, 0.3) is 0 Å². The smallest absolute Gasteiger partial charge is 0.311 e. The summed E-state index contributed by atoms with van der Waals surface area (Å²) in [5.41, 5.74) is -2.32. The van der Waals surface area contributed by atoms with Crippen LogP contribution in [0.2, 0.25) is 0 Å². The third-order valence-electron chi connectivity index (χ3n) is 5.75. The van der Waals surface area contributed by atoms with Gasteiger partial charge in [0.1, 0.15) is 0 Å². The fraction of sp³-hybridized carbons (Fsp3) is 0.800. The standard InChI is InChI=1S/C20H34O4/c1-3-5-7-8-9-10-14-20(18(23)24)16-12-11-15-19(20,17(21)22)13-6-4-2/h11-12H,3-10,13-16H2,1-2H3,(H,21,22)(H,23,24). The molecule has 0 saturated carbocycles. The zero-order valence-corrected chi connectivity index (χ0v) is 15.4. The van der Waals surface area contributed by atoms with Gasteiger partial charge < -0.3 is 10.2 Å². The zero-order chi connectivity index (χ0) is 18.1. The Labute approximate surface area is 146 Å². The second-order valence-corrected chi connectivity index (χ2v) is 7.28. The molecule has 0 heterocycles. The number of unbranched alkanes of at least 4 members (excludes halogenated alkanes) is 6. The number of hydrogen-bond donors (Lipinski definition) is 2. The predicted octanol–water partition coefficient (Wildman–Crippen LogP) is 5.42. The summed E-state index contributed by atoms with van der Waals surface area (Å²) >= 11 is 0. The number of rotatable bonds is 12. The fourth-order valence-corrected chi connectivity index (χ4v) is 4.13. The van der Waals surface area contributed by atoms with Gasteiger partial charge in [0.15, 0.2) is 0 Å². The third kappa shape index (κ3) is 4.40. The lowest BCUT2D eigenvalue weighted by Crippen LogP contribution is -2.53. The van der Waals surface area contributed by atoms with Crippen molar-refractivity contribution in [3.05, 3.63) is 12.2 Å². The largest absolute Gasteiger partial charge is 0.481 e. The SMILES string of the molecule is CCCCCCCCC1(C(=O)O)CC=CCC1(CCCC)C(=O)O. The van der Waals surface area contributed by atoms with Gasteiger partial charge in [0, 0.05) is 0 Å². The van der Waals surface area contributed by atoms with Gasteiger partial charge in [-0.1, -0.05) is 77.4 Å². The van der Waals surface area contributed by atoms with Crippen molar-refractivity contribution in [1.82, 2.24) is 0 Å². The molecule has 4 nitrogen and oxygen atoms in total. The highest BCUT2D eigenvalue weighted by Gasteiger charge is 2.60. The molecule has 0 amide bonds. The molecule has 2 atom stereocenters. The molecule has 0 aliphatic heterocycles. The van der Waals surface area contributed by atoms with Crippen molar-refractivity contribution < 1.29 is 19.8 Å². The topological polar surface area (TPSA) is 74.6 Å². The highest BCUT2D eigenvalue weighted by molar-refractivity contribution is 5.87. The summed E-state index contributed by atoms with van der Waals surface area (Å²) in [5, 5.41) is 20.0. The van der Waals surface area contributed by atoms with Gasteiger partial charge in [-0.15, -0.1) is 0 Å². The van der Waals surface area contributed by atoms with E-state index in [0.717, 1.165) is 32.1 Å². The first-order valence-corrected chi connectivity index (χ1v) is 9.58. The Morgan fingerprint density at radius 1 is 0.750 bits per heavy atom. The van der Waals surface area contributed by atoms with Crippen molar-refractivity contribution in [2.24, 2.45) is 10.8 Å². The number of hydrogen-bond acceptors (Lipinski definition) is 2. The maximum atomic E-state index is 12.2. The second-order valence-electron chi connectivity index (χ2n) is 7.28. The van der Waals surface area contributed by atoms with Crippen LogP contribution < -0.4 is 0 Å². The molecule has 0 spiro atoms. The summed E-state index contributed by atoms with van der Waals surface area (Å²) in [4.78, 5) is 24.4. The zero-order valence-electron chi connectivity index (χ0n) is 15.4. The number of carbonyl (C=O) groups is 2. The molecule has 0 aromatic rings. The number of carboxylic acid groups (broad SMARTS) is 2. The van der Waals surface area contributed by atoms with E-state index in [1.54, 1.807) is 0 Å². The number of allylic oxidation sites excluding steroid dienone is 2. The van der Waals surface area contributed by atoms with Gasteiger partial charge in [-0.05, 0) is 25.7 Å². The molecule has 1 aliphatic carbocycles. The number of aliphatic carboxylic acids is 2. The normalized spacial score (nSPS) is 26.4. The Kier molecular flexibility index (Phi) is 8.51. The van der Waals surface area contributed by atoms with Crippen LogP contribution in [0.4, 0.5) is 0 Å². The highest BCUT2D eigenvalue weighted by Crippen LogP contribution is 2.55. The molecule has 2 unspecified atom stereocenters. The van der Waals surface area contributed by atoms with Crippen molar-refractivity contribution in [3.8, 4) is 0 Å². The van der Waals surface area contributed by atoms with Crippen molar-refractivity contribution in [3.63, 3.8) is 0 Å². The summed E-state index contributed by atoms with van der Waals surface area (Å²) in [6.45, 7) is 4.19. The Bertz CT molecular complexity index is 443. The first-order valence-electron chi connectivity index (χ1n) is 9.58. The third-order valence-corrected chi connectivity index (χ3v) is 5.75. The summed E-state index contributed by atoms with van der Waals surface area (Å²) < 4.78 is 0. The molecule has 1 rings (SSSR count). The molecule has 0 aromatic carbocycles. The molecule has 0 aromatic heterocycles. The molecule has 2 N–H and O–H groups in total. The molecule has 4 heteroatoms. The first-order chi connectivity index (χ1) is 11.5. The van der Waals surface area contributed by atoms with Crippen molar-refractivity contribution in [2.45, 2.75) is 90.9 Å². The van der Waals surface area contributed by atoms with Crippen LogP contribution in [0.3, 0.4) is 0 Å². The van der Waals surface area contributed by atoms with Gasteiger partial charge in [0.2, 0.25) is 0 Å². The van der Waals surface area contributed by atoms with E-state index in [0.29, 0.717) is 25.7 Å². The Morgan fingerprint density at radius 2 is 1.17 bits per heavy atom. The molecule has 138 valence electrons. The Balaban J connectivity index is 2.94. The highest BCUT2D eigenvalue weighted by atomic mass is 16.4. The van der Waals surface area contributed by atoms with Crippen LogP contribution in [0.15, 0.2) is 12.2 Å². The minimum Gasteiger partial charge on any atom is -0.481 e. The minimum atomic E-state index is -1.16. The summed E-state index contributed by atoms with van der Waals surface area (Å²) in [6.07, 6.45) is 13.4. The predicted molar refractivity (Wildman–Crippen MR) is 96.0 cm³/mol. The fourth-order valence-electron chi connectivity index (χ4n) is 4.13. The Hall–Kier alpha value is -1.32. The molecule has 0 radical (unpaired) electrons. The molecule has 0 saturated heterocycles. The molecule has 0 bridgehead atoms. The quantitative estimate of drug-likeness (QED) is 0.368. The summed E-state index contributed by atoms with van der Waals surface area (Å²) in [5.74, 6) is -1.87. The van der Waals surface area contributed by atoms with Crippen LogP contribution in [-0.2, 0) is 9.59 Å². The summed E-state index contributed by atoms with van der Waals surface area (Å²) in [7, 11) is 0. The van der Waals surface area contributed by atoms with Gasteiger partial charge in [0.05, 0.1) is 10.8 Å². The van der Waals surface area contributed by atoms with E-state index >= 15 is 0 Å². The van der Waals surface area contributed by atoms with Crippen LogP contribution >= 0.6 is 0 Å². The van der Waals surface area contributed by atoms with Crippen LogP contribution in [-0.4, -0.2) is 22.2 Å². The molecule has 0 fully saturated rings. The van der Waals surface area contributed by atoms with Crippen molar-refractivity contribution in [2.75, 3.05) is 0 Å². The van der Waals surface area contributed by atoms with E-state index in [-0.39, 0.29) is 0 Å². The van der Waals surface area contributed by atoms with Gasteiger partial charge in [-0.2, -0.15) is 0 Å². The maximum Gasteiger partial charge on any atom is 0.311 e. The van der Waals surface area contributed by atoms with E-state index in [1.807, 2.05) is 19.1 Å². The van der Waals surface area contributed by atoms with Crippen molar-refractivity contribution >= 4 is 11.9 Å². The molecular formula is C20H34O4.